The van der Waals surface area contributed by atoms with Gasteiger partial charge in [0.25, 0.3) is 0 Å². The number of sulfone groups is 1. The third-order valence-electron chi connectivity index (χ3n) is 3.60. The van der Waals surface area contributed by atoms with Crippen molar-refractivity contribution in [3.05, 3.63) is 57.4 Å². The zero-order chi connectivity index (χ0) is 18.4. The van der Waals surface area contributed by atoms with Gasteiger partial charge in [-0.15, -0.1) is 0 Å². The summed E-state index contributed by atoms with van der Waals surface area (Å²) in [4.78, 5) is 14.0. The molecule has 0 fully saturated rings. The van der Waals surface area contributed by atoms with Crippen molar-refractivity contribution < 1.29 is 22.3 Å². The maximum atomic E-state index is 14.7. The van der Waals surface area contributed by atoms with E-state index in [0.29, 0.717) is 0 Å². The minimum atomic E-state index is -4.04. The molecule has 0 spiro atoms. The number of hydrogen-bond acceptors (Lipinski definition) is 4. The highest BCUT2D eigenvalue weighted by atomic mass is 79.9. The Morgan fingerprint density at radius 2 is 1.92 bits per heavy atom. The fourth-order valence-electron chi connectivity index (χ4n) is 2.40. The summed E-state index contributed by atoms with van der Waals surface area (Å²) in [6.45, 7) is 0. The Balaban J connectivity index is 2.32. The second-order valence-electron chi connectivity index (χ2n) is 5.05. The number of carbonyl (C=O) groups is 1. The zero-order valence-corrected chi connectivity index (χ0v) is 15.8. The number of aromatic amines is 1. The number of benzene rings is 2. The van der Waals surface area contributed by atoms with Gasteiger partial charge in [0.05, 0.1) is 37.3 Å². The van der Waals surface area contributed by atoms with Gasteiger partial charge < -0.3 is 9.72 Å². The van der Waals surface area contributed by atoms with Gasteiger partial charge in [0.15, 0.2) is 5.82 Å². The molecule has 1 heterocycles. The third-order valence-corrected chi connectivity index (χ3v) is 6.67. The van der Waals surface area contributed by atoms with Gasteiger partial charge in [0.1, 0.15) is 5.69 Å². The molecule has 0 atom stereocenters. The van der Waals surface area contributed by atoms with Gasteiger partial charge in [-0.05, 0) is 34.1 Å². The molecule has 0 aliphatic heterocycles. The minimum absolute atomic E-state index is 0.0190. The van der Waals surface area contributed by atoms with Crippen LogP contribution in [-0.4, -0.2) is 26.5 Å². The Morgan fingerprint density at radius 1 is 1.28 bits per heavy atom. The summed E-state index contributed by atoms with van der Waals surface area (Å²) in [5.41, 5.74) is 0.0606. The van der Waals surface area contributed by atoms with Crippen molar-refractivity contribution in [1.29, 1.82) is 0 Å². The van der Waals surface area contributed by atoms with E-state index < -0.39 is 31.5 Å². The van der Waals surface area contributed by atoms with E-state index in [2.05, 4.69) is 25.7 Å². The van der Waals surface area contributed by atoms with Gasteiger partial charge in [-0.1, -0.05) is 29.8 Å². The summed E-state index contributed by atoms with van der Waals surface area (Å²) in [6, 6.07) is 8.73. The summed E-state index contributed by atoms with van der Waals surface area (Å²) in [5.74, 6) is -1.68. The Morgan fingerprint density at radius 3 is 2.52 bits per heavy atom. The van der Waals surface area contributed by atoms with Crippen molar-refractivity contribution in [2.45, 2.75) is 9.79 Å². The molecular weight excluding hydrogens is 437 g/mol. The first-order valence-corrected chi connectivity index (χ1v) is 9.52. The molecule has 0 unspecified atom stereocenters. The predicted molar refractivity (Wildman–Crippen MR) is 94.2 cm³/mol. The first-order valence-electron chi connectivity index (χ1n) is 6.86. The minimum Gasteiger partial charge on any atom is -0.464 e. The molecule has 0 aliphatic carbocycles. The monoisotopic (exact) mass is 445 g/mol. The SMILES string of the molecule is COC(=O)c1[nH]c2cc(S(=O)(=O)c3ccccc3)c(Cl)c(F)c2c1Br. The average Bonchev–Trinajstić information content (AvgIpc) is 2.94. The van der Waals surface area contributed by atoms with E-state index >= 15 is 0 Å². The molecule has 0 saturated heterocycles. The average molecular weight is 447 g/mol. The van der Waals surface area contributed by atoms with Crippen LogP contribution in [-0.2, 0) is 14.6 Å². The van der Waals surface area contributed by atoms with Crippen LogP contribution in [0.15, 0.2) is 50.7 Å². The summed E-state index contributed by atoms with van der Waals surface area (Å²) in [5, 5.41) is -0.579. The van der Waals surface area contributed by atoms with Crippen molar-refractivity contribution >= 4 is 54.2 Å². The van der Waals surface area contributed by atoms with Crippen LogP contribution in [0.4, 0.5) is 4.39 Å². The summed E-state index contributed by atoms with van der Waals surface area (Å²) < 4.78 is 45.0. The van der Waals surface area contributed by atoms with Crippen molar-refractivity contribution in [3.8, 4) is 0 Å². The molecule has 0 saturated carbocycles. The second-order valence-corrected chi connectivity index (χ2v) is 8.14. The van der Waals surface area contributed by atoms with E-state index in [9.17, 15) is 17.6 Å². The topological polar surface area (TPSA) is 76.2 Å². The maximum absolute atomic E-state index is 14.7. The number of fused-ring (bicyclic) bond motifs is 1. The lowest BCUT2D eigenvalue weighted by Gasteiger charge is -2.08. The zero-order valence-electron chi connectivity index (χ0n) is 12.6. The molecule has 9 heteroatoms. The highest BCUT2D eigenvalue weighted by Gasteiger charge is 2.28. The molecule has 3 aromatic rings. The van der Waals surface area contributed by atoms with Gasteiger partial charge in [-0.2, -0.15) is 0 Å². The summed E-state index contributed by atoms with van der Waals surface area (Å²) in [7, 11) is -2.86. The second kappa shape index (κ2) is 6.44. The van der Waals surface area contributed by atoms with Crippen LogP contribution in [0.5, 0.6) is 0 Å². The number of methoxy groups -OCH3 is 1. The van der Waals surface area contributed by atoms with Gasteiger partial charge in [0, 0.05) is 0 Å². The van der Waals surface area contributed by atoms with Gasteiger partial charge in [0.2, 0.25) is 9.84 Å². The van der Waals surface area contributed by atoms with Gasteiger partial charge in [-0.3, -0.25) is 0 Å². The lowest BCUT2D eigenvalue weighted by atomic mass is 10.2. The number of carbonyl (C=O) groups excluding carboxylic acids is 1. The van der Waals surface area contributed by atoms with E-state index in [0.717, 1.165) is 0 Å². The predicted octanol–water partition coefficient (Wildman–Crippen LogP) is 4.34. The van der Waals surface area contributed by atoms with Gasteiger partial charge in [-0.25, -0.2) is 17.6 Å². The number of aromatic nitrogens is 1. The smallest absolute Gasteiger partial charge is 0.355 e. The van der Waals surface area contributed by atoms with Crippen LogP contribution in [0.2, 0.25) is 5.02 Å². The van der Waals surface area contributed by atoms with Crippen molar-refractivity contribution in [1.82, 2.24) is 4.98 Å². The summed E-state index contributed by atoms with van der Waals surface area (Å²) in [6.07, 6.45) is 0. The Labute approximate surface area is 155 Å². The van der Waals surface area contributed by atoms with Crippen molar-refractivity contribution in [2.75, 3.05) is 7.11 Å². The normalized spacial score (nSPS) is 11.7. The highest BCUT2D eigenvalue weighted by molar-refractivity contribution is 9.10. The fourth-order valence-corrected chi connectivity index (χ4v) is 4.87. The molecule has 25 heavy (non-hydrogen) atoms. The fraction of sp³-hybridized carbons (Fsp3) is 0.0625. The van der Waals surface area contributed by atoms with E-state index in [-0.39, 0.29) is 26.0 Å². The number of H-pyrrole nitrogens is 1. The molecule has 3 rings (SSSR count). The van der Waals surface area contributed by atoms with Crippen LogP contribution in [0, 0.1) is 5.82 Å². The molecule has 0 radical (unpaired) electrons. The number of hydrogen-bond donors (Lipinski definition) is 1. The largest absolute Gasteiger partial charge is 0.464 e. The van der Waals surface area contributed by atoms with Crippen molar-refractivity contribution in [2.24, 2.45) is 0 Å². The van der Waals surface area contributed by atoms with Crippen LogP contribution >= 0.6 is 27.5 Å². The number of nitrogens with one attached hydrogen (secondary N) is 1. The quantitative estimate of drug-likeness (QED) is 0.607. The van der Waals surface area contributed by atoms with E-state index in [4.69, 9.17) is 11.6 Å². The van der Waals surface area contributed by atoms with Crippen molar-refractivity contribution in [3.63, 3.8) is 0 Å². The molecular formula is C16H10BrClFNO4S. The maximum Gasteiger partial charge on any atom is 0.355 e. The summed E-state index contributed by atoms with van der Waals surface area (Å²) >= 11 is 9.11. The number of rotatable bonds is 3. The van der Waals surface area contributed by atoms with Crippen LogP contribution in [0.25, 0.3) is 10.9 Å². The third kappa shape index (κ3) is 2.84. The lowest BCUT2D eigenvalue weighted by Crippen LogP contribution is -2.04. The standard InChI is InChI=1S/C16H10BrClFNO4S/c1-24-16(21)15-12(17)11-9(20-15)7-10(13(18)14(11)19)25(22,23)8-5-3-2-4-6-8/h2-7,20H,1H3. The highest BCUT2D eigenvalue weighted by Crippen LogP contribution is 2.38. The van der Waals surface area contributed by atoms with E-state index in [1.54, 1.807) is 18.2 Å². The molecule has 1 N–H and O–H groups in total. The Hall–Kier alpha value is -1.90. The number of esters is 1. The molecule has 130 valence electrons. The van der Waals surface area contributed by atoms with Crippen LogP contribution in [0.3, 0.4) is 0 Å². The molecule has 0 aliphatic rings. The van der Waals surface area contributed by atoms with Gasteiger partial charge >= 0.3 is 5.97 Å². The lowest BCUT2D eigenvalue weighted by molar-refractivity contribution is 0.0594. The van der Waals surface area contributed by atoms with E-state index in [1.807, 2.05) is 0 Å². The Kier molecular flexibility index (Phi) is 4.61. The molecule has 0 amide bonds. The van der Waals surface area contributed by atoms with E-state index in [1.165, 1.54) is 25.3 Å². The van der Waals surface area contributed by atoms with Crippen LogP contribution in [0.1, 0.15) is 10.5 Å². The molecule has 1 aromatic heterocycles. The first-order chi connectivity index (χ1) is 11.8. The Bertz CT molecular complexity index is 1100. The molecule has 0 bridgehead atoms. The number of ether oxygens (including phenoxy) is 1. The first kappa shape index (κ1) is 17.9. The molecule has 2 aromatic carbocycles. The molecule has 5 nitrogen and oxygen atoms in total. The van der Waals surface area contributed by atoms with Crippen LogP contribution < -0.4 is 0 Å². The number of halogens is 3.